The summed E-state index contributed by atoms with van der Waals surface area (Å²) in [7, 11) is 3.33. The molecule has 8 heteroatoms. The fourth-order valence-corrected chi connectivity index (χ4v) is 6.45. The van der Waals surface area contributed by atoms with Crippen LogP contribution in [-0.4, -0.2) is 62.9 Å². The van der Waals surface area contributed by atoms with Crippen molar-refractivity contribution in [2.75, 3.05) is 27.2 Å². The molecule has 0 heterocycles. The summed E-state index contributed by atoms with van der Waals surface area (Å²) in [4.78, 5) is 49.8. The number of ketones is 2. The quantitative estimate of drug-likeness (QED) is 0.120. The number of esters is 2. The van der Waals surface area contributed by atoms with Crippen LogP contribution in [0.15, 0.2) is 130 Å². The lowest BCUT2D eigenvalue weighted by Gasteiger charge is -2.36. The van der Waals surface area contributed by atoms with Crippen molar-refractivity contribution in [3.8, 4) is 0 Å². The predicted octanol–water partition coefficient (Wildman–Crippen LogP) is 8.45. The number of carbonyl (C=O) groups excluding carboxylic acids is 4. The van der Waals surface area contributed by atoms with Gasteiger partial charge in [-0.3, -0.25) is 19.2 Å². The van der Waals surface area contributed by atoms with Gasteiger partial charge in [-0.15, -0.1) is 0 Å². The maximum absolute atomic E-state index is 13.0. The Labute approximate surface area is 324 Å². The summed E-state index contributed by atoms with van der Waals surface area (Å²) in [5.74, 6) is -1.13. The molecular formula is C46H62N2O6. The van der Waals surface area contributed by atoms with E-state index in [9.17, 15) is 19.2 Å². The first-order valence-electron chi connectivity index (χ1n) is 18.6. The van der Waals surface area contributed by atoms with Crippen LogP contribution in [0.3, 0.4) is 0 Å². The molecule has 0 aromatic carbocycles. The Balaban J connectivity index is 1.98. The van der Waals surface area contributed by atoms with E-state index in [0.717, 1.165) is 33.4 Å². The molecule has 0 spiro atoms. The Morgan fingerprint density at radius 2 is 0.907 bits per heavy atom. The largest absolute Gasteiger partial charge is 0.453 e. The predicted molar refractivity (Wildman–Crippen MR) is 221 cm³/mol. The van der Waals surface area contributed by atoms with Crippen molar-refractivity contribution >= 4 is 23.5 Å². The molecule has 0 aliphatic heterocycles. The number of ether oxygens (including phenoxy) is 2. The van der Waals surface area contributed by atoms with Crippen LogP contribution in [0.4, 0.5) is 0 Å². The SMILES string of the molecule is CNCC(=O)OC1CC(C)(C)C(C=CC(C)=CC=CC(C)=CC=CC=C(C)C=CC=C(C)C=CC2=C(C)C(=O)C(OC(=O)CNC)CC2(C)C)=C(C)C1=O. The van der Waals surface area contributed by atoms with Gasteiger partial charge < -0.3 is 20.1 Å². The highest BCUT2D eigenvalue weighted by Gasteiger charge is 2.41. The molecule has 2 rings (SSSR count). The molecule has 0 aromatic heterocycles. The Kier molecular flexibility index (Phi) is 17.9. The van der Waals surface area contributed by atoms with Crippen molar-refractivity contribution in [3.63, 3.8) is 0 Å². The highest BCUT2D eigenvalue weighted by atomic mass is 16.6. The van der Waals surface area contributed by atoms with E-state index < -0.39 is 24.1 Å². The van der Waals surface area contributed by atoms with Gasteiger partial charge in [0.05, 0.1) is 13.1 Å². The van der Waals surface area contributed by atoms with Gasteiger partial charge in [0.25, 0.3) is 0 Å². The lowest BCUT2D eigenvalue weighted by Crippen LogP contribution is -2.40. The van der Waals surface area contributed by atoms with E-state index in [0.29, 0.717) is 24.0 Å². The van der Waals surface area contributed by atoms with Gasteiger partial charge in [-0.05, 0) is 88.8 Å². The van der Waals surface area contributed by atoms with E-state index in [1.807, 2.05) is 127 Å². The smallest absolute Gasteiger partial charge is 0.320 e. The van der Waals surface area contributed by atoms with Gasteiger partial charge in [0.15, 0.2) is 23.8 Å². The Hall–Kier alpha value is -4.66. The molecule has 0 bridgehead atoms. The summed E-state index contributed by atoms with van der Waals surface area (Å²) >= 11 is 0. The zero-order chi connectivity index (χ0) is 40.6. The number of Topliss-reactive ketones (excluding diaryl/α,β-unsaturated/α-hetero) is 2. The second-order valence-electron chi connectivity index (χ2n) is 15.4. The van der Waals surface area contributed by atoms with Crippen LogP contribution in [-0.2, 0) is 28.7 Å². The molecule has 0 saturated carbocycles. The van der Waals surface area contributed by atoms with Crippen LogP contribution < -0.4 is 10.6 Å². The molecule has 0 saturated heterocycles. The molecule has 0 aromatic rings. The van der Waals surface area contributed by atoms with Gasteiger partial charge in [0.2, 0.25) is 0 Å². The molecule has 8 nitrogen and oxygen atoms in total. The number of likely N-dealkylation sites (N-methyl/N-ethyl adjacent to an activating group) is 2. The number of hydrogen-bond donors (Lipinski definition) is 2. The van der Waals surface area contributed by atoms with Crippen LogP contribution in [0.1, 0.15) is 82.1 Å². The number of carbonyl (C=O) groups is 4. The van der Waals surface area contributed by atoms with Crippen LogP contribution in [0.25, 0.3) is 0 Å². The van der Waals surface area contributed by atoms with Crippen molar-refractivity contribution < 1.29 is 28.7 Å². The molecule has 2 N–H and O–H groups in total. The van der Waals surface area contributed by atoms with E-state index in [2.05, 4.69) is 38.3 Å². The summed E-state index contributed by atoms with van der Waals surface area (Å²) in [5, 5.41) is 5.52. The number of hydrogen-bond acceptors (Lipinski definition) is 8. The molecule has 2 aliphatic rings. The molecule has 54 heavy (non-hydrogen) atoms. The zero-order valence-electron chi connectivity index (χ0n) is 34.5. The topological polar surface area (TPSA) is 111 Å². The van der Waals surface area contributed by atoms with Crippen LogP contribution in [0, 0.1) is 10.8 Å². The molecule has 292 valence electrons. The molecular weight excluding hydrogens is 677 g/mol. The molecule has 0 radical (unpaired) electrons. The van der Waals surface area contributed by atoms with Crippen molar-refractivity contribution in [1.82, 2.24) is 10.6 Å². The van der Waals surface area contributed by atoms with Crippen molar-refractivity contribution in [3.05, 3.63) is 130 Å². The van der Waals surface area contributed by atoms with E-state index in [1.165, 1.54) is 0 Å². The van der Waals surface area contributed by atoms with Crippen molar-refractivity contribution in [2.45, 2.75) is 94.3 Å². The Morgan fingerprint density at radius 3 is 1.24 bits per heavy atom. The Bertz CT molecular complexity index is 1640. The van der Waals surface area contributed by atoms with Gasteiger partial charge in [-0.1, -0.05) is 135 Å². The highest BCUT2D eigenvalue weighted by Crippen LogP contribution is 2.42. The van der Waals surface area contributed by atoms with E-state index >= 15 is 0 Å². The summed E-state index contributed by atoms with van der Waals surface area (Å²) < 4.78 is 10.9. The minimum absolute atomic E-state index is 0.0722. The minimum atomic E-state index is -0.754. The number of nitrogens with one attached hydrogen (secondary N) is 2. The lowest BCUT2D eigenvalue weighted by atomic mass is 9.71. The second kappa shape index (κ2) is 21.3. The molecule has 2 atom stereocenters. The fraction of sp³-hybridized carbons (Fsp3) is 0.435. The third-order valence-corrected chi connectivity index (χ3v) is 9.46. The maximum atomic E-state index is 13.0. The van der Waals surface area contributed by atoms with E-state index in [-0.39, 0.29) is 35.5 Å². The van der Waals surface area contributed by atoms with Gasteiger partial charge >= 0.3 is 11.9 Å². The summed E-state index contributed by atoms with van der Waals surface area (Å²) in [6.45, 7) is 20.2. The number of rotatable bonds is 16. The Morgan fingerprint density at radius 1 is 0.593 bits per heavy atom. The standard InChI is InChI=1S/C46H62N2O6/c1-31(19-15-21-33(3)23-25-37-35(5)43(51)39(27-45(37,7)8)53-41(49)29-47-11)17-13-14-18-32(2)20-16-22-34(4)24-26-38-36(6)44(52)40(28-46(38,9)10)54-42(50)30-48-12/h13-26,39-40,47-48H,27-30H2,1-12H3. The minimum Gasteiger partial charge on any atom is -0.453 e. The zero-order valence-corrected chi connectivity index (χ0v) is 34.5. The van der Waals surface area contributed by atoms with Crippen molar-refractivity contribution in [2.24, 2.45) is 10.8 Å². The maximum Gasteiger partial charge on any atom is 0.320 e. The monoisotopic (exact) mass is 738 g/mol. The second-order valence-corrected chi connectivity index (χ2v) is 15.4. The molecule has 0 amide bonds. The fourth-order valence-electron chi connectivity index (χ4n) is 6.45. The average molecular weight is 739 g/mol. The molecule has 2 unspecified atom stereocenters. The lowest BCUT2D eigenvalue weighted by molar-refractivity contribution is -0.155. The van der Waals surface area contributed by atoms with Crippen LogP contribution in [0.2, 0.25) is 0 Å². The summed E-state index contributed by atoms with van der Waals surface area (Å²) in [5.41, 5.74) is 6.83. The first kappa shape index (κ1) is 45.5. The van der Waals surface area contributed by atoms with Crippen molar-refractivity contribution in [1.29, 1.82) is 0 Å². The third-order valence-electron chi connectivity index (χ3n) is 9.46. The van der Waals surface area contributed by atoms with E-state index in [1.54, 1.807) is 14.1 Å². The van der Waals surface area contributed by atoms with Gasteiger partial charge in [0.1, 0.15) is 0 Å². The first-order chi connectivity index (χ1) is 25.3. The molecule has 0 fully saturated rings. The summed E-state index contributed by atoms with van der Waals surface area (Å²) in [6, 6.07) is 0. The van der Waals surface area contributed by atoms with Crippen LogP contribution >= 0.6 is 0 Å². The van der Waals surface area contributed by atoms with Gasteiger partial charge in [0, 0.05) is 12.8 Å². The normalized spacial score (nSPS) is 21.9. The summed E-state index contributed by atoms with van der Waals surface area (Å²) in [6.07, 6.45) is 27.7. The average Bonchev–Trinajstić information content (AvgIpc) is 3.07. The molecule has 2 aliphatic carbocycles. The first-order valence-corrected chi connectivity index (χ1v) is 18.6. The number of allylic oxidation sites excluding steroid dienone is 20. The highest BCUT2D eigenvalue weighted by molar-refractivity contribution is 6.02. The van der Waals surface area contributed by atoms with Gasteiger partial charge in [-0.2, -0.15) is 0 Å². The van der Waals surface area contributed by atoms with E-state index in [4.69, 9.17) is 9.47 Å². The third kappa shape index (κ3) is 14.3. The van der Waals surface area contributed by atoms with Gasteiger partial charge in [-0.25, -0.2) is 0 Å². The van der Waals surface area contributed by atoms with Crippen LogP contribution in [0.5, 0.6) is 0 Å².